The first-order valence-electron chi connectivity index (χ1n) is 5.59. The van der Waals surface area contributed by atoms with E-state index in [-0.39, 0.29) is 0 Å². The minimum absolute atomic E-state index is 0.449. The van der Waals surface area contributed by atoms with Crippen molar-refractivity contribution in [3.05, 3.63) is 22.7 Å². The number of hydrogen-bond donors (Lipinski definition) is 1. The van der Waals surface area contributed by atoms with Crippen LogP contribution < -0.4 is 5.73 Å². The van der Waals surface area contributed by atoms with E-state index in [0.717, 1.165) is 28.7 Å². The molecule has 0 bridgehead atoms. The van der Waals surface area contributed by atoms with Crippen molar-refractivity contribution in [2.45, 2.75) is 25.3 Å². The van der Waals surface area contributed by atoms with E-state index in [1.165, 1.54) is 6.42 Å². The van der Waals surface area contributed by atoms with E-state index in [4.69, 9.17) is 5.73 Å². The second-order valence-electron chi connectivity index (χ2n) is 4.27. The molecule has 6 heteroatoms. The van der Waals surface area contributed by atoms with Crippen LogP contribution in [-0.4, -0.2) is 20.2 Å². The van der Waals surface area contributed by atoms with Crippen LogP contribution in [0.15, 0.2) is 22.7 Å². The number of halogens is 1. The van der Waals surface area contributed by atoms with Crippen molar-refractivity contribution in [1.82, 2.24) is 20.2 Å². The molecule has 0 atom stereocenters. The van der Waals surface area contributed by atoms with Gasteiger partial charge in [-0.2, -0.15) is 0 Å². The quantitative estimate of drug-likeness (QED) is 0.863. The molecule has 17 heavy (non-hydrogen) atoms. The average molecular weight is 294 g/mol. The van der Waals surface area contributed by atoms with Crippen LogP contribution in [0.3, 0.4) is 0 Å². The van der Waals surface area contributed by atoms with Gasteiger partial charge in [0.05, 0.1) is 6.04 Å². The van der Waals surface area contributed by atoms with Crippen molar-refractivity contribution in [2.75, 3.05) is 5.73 Å². The molecule has 1 heterocycles. The Morgan fingerprint density at radius 2 is 2.18 bits per heavy atom. The first kappa shape index (κ1) is 10.7. The van der Waals surface area contributed by atoms with Crippen LogP contribution in [0.5, 0.6) is 0 Å². The van der Waals surface area contributed by atoms with Crippen molar-refractivity contribution in [1.29, 1.82) is 0 Å². The number of nitrogens with zero attached hydrogens (tertiary/aromatic N) is 4. The number of nitrogens with two attached hydrogens (primary N) is 1. The van der Waals surface area contributed by atoms with Gasteiger partial charge in [-0.1, -0.05) is 0 Å². The Morgan fingerprint density at radius 1 is 1.35 bits per heavy atom. The summed E-state index contributed by atoms with van der Waals surface area (Å²) < 4.78 is 2.80. The monoisotopic (exact) mass is 293 g/mol. The predicted molar refractivity (Wildman–Crippen MR) is 68.3 cm³/mol. The number of aromatic nitrogens is 4. The van der Waals surface area contributed by atoms with Crippen LogP contribution in [0.2, 0.25) is 0 Å². The lowest BCUT2D eigenvalue weighted by Crippen LogP contribution is -2.19. The largest absolute Gasteiger partial charge is 0.398 e. The van der Waals surface area contributed by atoms with Gasteiger partial charge in [0.25, 0.3) is 0 Å². The van der Waals surface area contributed by atoms with Crippen LogP contribution in [0.1, 0.15) is 25.3 Å². The smallest absolute Gasteiger partial charge is 0.182 e. The van der Waals surface area contributed by atoms with Crippen molar-refractivity contribution < 1.29 is 0 Å². The van der Waals surface area contributed by atoms with Crippen molar-refractivity contribution >= 4 is 21.6 Å². The molecule has 0 unspecified atom stereocenters. The topological polar surface area (TPSA) is 69.6 Å². The molecule has 1 saturated carbocycles. The molecule has 1 aliphatic rings. The summed E-state index contributed by atoms with van der Waals surface area (Å²) in [7, 11) is 0. The number of benzene rings is 1. The maximum absolute atomic E-state index is 5.87. The Labute approximate surface area is 107 Å². The molecule has 0 saturated heterocycles. The van der Waals surface area contributed by atoms with Gasteiger partial charge >= 0.3 is 0 Å². The summed E-state index contributed by atoms with van der Waals surface area (Å²) >= 11 is 3.38. The lowest BCUT2D eigenvalue weighted by molar-refractivity contribution is 0.287. The molecule has 5 nitrogen and oxygen atoms in total. The lowest BCUT2D eigenvalue weighted by Gasteiger charge is -2.25. The summed E-state index contributed by atoms with van der Waals surface area (Å²) in [6, 6.07) is 6.24. The third-order valence-electron chi connectivity index (χ3n) is 3.17. The summed E-state index contributed by atoms with van der Waals surface area (Å²) in [6.07, 6.45) is 3.57. The molecule has 0 amide bonds. The zero-order chi connectivity index (χ0) is 11.8. The van der Waals surface area contributed by atoms with Gasteiger partial charge in [0.2, 0.25) is 0 Å². The minimum atomic E-state index is 0.449. The zero-order valence-electron chi connectivity index (χ0n) is 9.17. The highest BCUT2D eigenvalue weighted by atomic mass is 79.9. The molecule has 0 aliphatic heterocycles. The third-order valence-corrected chi connectivity index (χ3v) is 3.89. The number of anilines is 1. The maximum atomic E-state index is 5.87. The average Bonchev–Trinajstić information content (AvgIpc) is 2.68. The Kier molecular flexibility index (Phi) is 2.58. The van der Waals surface area contributed by atoms with Gasteiger partial charge < -0.3 is 5.73 Å². The summed E-state index contributed by atoms with van der Waals surface area (Å²) in [6.45, 7) is 0. The second-order valence-corrected chi connectivity index (χ2v) is 5.12. The molecule has 2 aromatic rings. The Bertz CT molecular complexity index is 547. The van der Waals surface area contributed by atoms with E-state index in [0.29, 0.717) is 11.7 Å². The number of rotatable bonds is 2. The third kappa shape index (κ3) is 1.82. The second kappa shape index (κ2) is 4.10. The highest BCUT2D eigenvalue weighted by molar-refractivity contribution is 9.10. The predicted octanol–water partition coefficient (Wildman–Crippen LogP) is 2.41. The van der Waals surface area contributed by atoms with Crippen molar-refractivity contribution in [3.8, 4) is 11.4 Å². The lowest BCUT2D eigenvalue weighted by atomic mass is 9.93. The van der Waals surface area contributed by atoms with Crippen molar-refractivity contribution in [2.24, 2.45) is 0 Å². The Morgan fingerprint density at radius 3 is 2.82 bits per heavy atom. The highest BCUT2D eigenvalue weighted by Crippen LogP contribution is 2.34. The van der Waals surface area contributed by atoms with E-state index in [1.807, 2.05) is 22.9 Å². The summed E-state index contributed by atoms with van der Waals surface area (Å²) in [5.74, 6) is 0.800. The first-order chi connectivity index (χ1) is 8.25. The fourth-order valence-corrected chi connectivity index (χ4v) is 2.19. The molecule has 1 fully saturated rings. The van der Waals surface area contributed by atoms with E-state index in [9.17, 15) is 0 Å². The van der Waals surface area contributed by atoms with Gasteiger partial charge in [-0.05, 0) is 63.8 Å². The summed E-state index contributed by atoms with van der Waals surface area (Å²) in [4.78, 5) is 0. The van der Waals surface area contributed by atoms with Gasteiger partial charge in [-0.3, -0.25) is 0 Å². The van der Waals surface area contributed by atoms with Gasteiger partial charge in [-0.25, -0.2) is 4.68 Å². The normalized spacial score (nSPS) is 15.8. The van der Waals surface area contributed by atoms with Crippen molar-refractivity contribution in [3.63, 3.8) is 0 Å². The molecule has 1 aromatic carbocycles. The maximum Gasteiger partial charge on any atom is 0.182 e. The van der Waals surface area contributed by atoms with Gasteiger partial charge in [0.15, 0.2) is 5.82 Å². The highest BCUT2D eigenvalue weighted by Gasteiger charge is 2.24. The molecular formula is C11H12BrN5. The van der Waals surface area contributed by atoms with Gasteiger partial charge in [0.1, 0.15) is 0 Å². The van der Waals surface area contributed by atoms with Crippen LogP contribution in [0.25, 0.3) is 11.4 Å². The molecule has 3 rings (SSSR count). The van der Waals surface area contributed by atoms with E-state index < -0.39 is 0 Å². The number of tetrazole rings is 1. The zero-order valence-corrected chi connectivity index (χ0v) is 10.8. The summed E-state index contributed by atoms with van der Waals surface area (Å²) in [5, 5.41) is 11.9. The summed E-state index contributed by atoms with van der Waals surface area (Å²) in [5.41, 5.74) is 7.54. The first-order valence-corrected chi connectivity index (χ1v) is 6.38. The van der Waals surface area contributed by atoms with Gasteiger partial charge in [-0.15, -0.1) is 5.10 Å². The molecule has 1 aromatic heterocycles. The fraction of sp³-hybridized carbons (Fsp3) is 0.364. The minimum Gasteiger partial charge on any atom is -0.398 e. The number of nitrogen functional groups attached to an aromatic ring is 1. The Balaban J connectivity index is 2.02. The van der Waals surface area contributed by atoms with E-state index in [2.05, 4.69) is 31.5 Å². The SMILES string of the molecule is Nc1cc(-c2nnnn2C2CCC2)ccc1Br. The van der Waals surface area contributed by atoms with E-state index in [1.54, 1.807) is 0 Å². The number of hydrogen-bond acceptors (Lipinski definition) is 4. The fourth-order valence-electron chi connectivity index (χ4n) is 1.94. The molecule has 0 spiro atoms. The standard InChI is InChI=1S/C11H12BrN5/c12-9-5-4-7(6-10(9)13)11-14-15-16-17(11)8-2-1-3-8/h4-6,8H,1-3,13H2. The van der Waals surface area contributed by atoms with E-state index >= 15 is 0 Å². The van der Waals surface area contributed by atoms with Crippen LogP contribution in [-0.2, 0) is 0 Å². The molecule has 1 aliphatic carbocycles. The Hall–Kier alpha value is -1.43. The van der Waals surface area contributed by atoms with Gasteiger partial charge in [0, 0.05) is 15.7 Å². The van der Waals surface area contributed by atoms with Crippen LogP contribution in [0, 0.1) is 0 Å². The van der Waals surface area contributed by atoms with Crippen LogP contribution in [0.4, 0.5) is 5.69 Å². The molecular weight excluding hydrogens is 282 g/mol. The molecule has 2 N–H and O–H groups in total. The molecule has 88 valence electrons. The molecule has 0 radical (unpaired) electrons. The van der Waals surface area contributed by atoms with Crippen LogP contribution >= 0.6 is 15.9 Å².